The van der Waals surface area contributed by atoms with E-state index in [0.717, 1.165) is 11.8 Å². The summed E-state index contributed by atoms with van der Waals surface area (Å²) in [6, 6.07) is 17.0. The molecule has 1 heterocycles. The van der Waals surface area contributed by atoms with Crippen LogP contribution in [0.4, 0.5) is 11.4 Å². The van der Waals surface area contributed by atoms with Gasteiger partial charge in [-0.3, -0.25) is 9.10 Å². The average Bonchev–Trinajstić information content (AvgIpc) is 3.27. The average molecular weight is 564 g/mol. The molecule has 0 fully saturated rings. The molecule has 0 radical (unpaired) electrons. The van der Waals surface area contributed by atoms with Gasteiger partial charge in [-0.1, -0.05) is 29.8 Å². The van der Waals surface area contributed by atoms with Gasteiger partial charge in [-0.15, -0.1) is 0 Å². The van der Waals surface area contributed by atoms with Crippen LogP contribution in [0.15, 0.2) is 71.6 Å². The van der Waals surface area contributed by atoms with Crippen LogP contribution in [0.3, 0.4) is 0 Å². The number of carbonyl (C=O) groups excluding carboxylic acids is 1. The Labute approximate surface area is 221 Å². The van der Waals surface area contributed by atoms with Crippen LogP contribution in [0.2, 0.25) is 5.02 Å². The van der Waals surface area contributed by atoms with E-state index in [1.165, 1.54) is 35.7 Å². The summed E-state index contributed by atoms with van der Waals surface area (Å²) in [5, 5.41) is 3.20. The number of ether oxygens (including phenoxy) is 1. The van der Waals surface area contributed by atoms with E-state index in [4.69, 9.17) is 16.3 Å². The van der Waals surface area contributed by atoms with Crippen molar-refractivity contribution in [3.8, 4) is 5.75 Å². The zero-order valence-corrected chi connectivity index (χ0v) is 22.5. The number of carbonyl (C=O) groups is 1. The Morgan fingerprint density at radius 2 is 1.70 bits per heavy atom. The van der Waals surface area contributed by atoms with Gasteiger partial charge in [0.1, 0.15) is 5.75 Å². The largest absolute Gasteiger partial charge is 0.497 e. The molecule has 1 unspecified atom stereocenters. The van der Waals surface area contributed by atoms with Crippen LogP contribution in [-0.2, 0) is 31.3 Å². The molecule has 3 aromatic rings. The first-order valence-corrected chi connectivity index (χ1v) is 15.0. The lowest BCUT2D eigenvalue weighted by Crippen LogP contribution is -2.31. The van der Waals surface area contributed by atoms with Gasteiger partial charge in [-0.2, -0.15) is 0 Å². The van der Waals surface area contributed by atoms with Crippen LogP contribution < -0.4 is 19.1 Å². The fraction of sp³-hybridized carbons (Fsp3) is 0.240. The molecule has 12 heteroatoms. The highest BCUT2D eigenvalue weighted by Crippen LogP contribution is 2.35. The molecule has 0 saturated carbocycles. The third-order valence-corrected chi connectivity index (χ3v) is 8.68. The Morgan fingerprint density at radius 3 is 2.32 bits per heavy atom. The molecule has 1 atom stereocenters. The third-order valence-electron chi connectivity index (χ3n) is 5.89. The normalized spacial score (nSPS) is 14.2. The highest BCUT2D eigenvalue weighted by Gasteiger charge is 2.31. The van der Waals surface area contributed by atoms with Crippen molar-refractivity contribution in [1.29, 1.82) is 0 Å². The quantitative estimate of drug-likeness (QED) is 0.409. The van der Waals surface area contributed by atoms with Gasteiger partial charge >= 0.3 is 0 Å². The summed E-state index contributed by atoms with van der Waals surface area (Å²) in [6.45, 7) is 0.273. The molecule has 1 aliphatic heterocycles. The molecule has 196 valence electrons. The summed E-state index contributed by atoms with van der Waals surface area (Å²) in [5.41, 5.74) is 2.31. The fourth-order valence-electron chi connectivity index (χ4n) is 4.13. The van der Waals surface area contributed by atoms with Crippen molar-refractivity contribution in [1.82, 2.24) is 4.72 Å². The smallest absolute Gasteiger partial charge is 0.264 e. The van der Waals surface area contributed by atoms with Gasteiger partial charge in [0.15, 0.2) is 0 Å². The molecule has 2 N–H and O–H groups in total. The Balaban J connectivity index is 1.54. The second-order valence-corrected chi connectivity index (χ2v) is 12.7. The van der Waals surface area contributed by atoms with Crippen molar-refractivity contribution in [2.75, 3.05) is 29.5 Å². The van der Waals surface area contributed by atoms with Gasteiger partial charge in [0.2, 0.25) is 15.9 Å². The van der Waals surface area contributed by atoms with Crippen molar-refractivity contribution in [3.63, 3.8) is 0 Å². The van der Waals surface area contributed by atoms with Gasteiger partial charge in [0.25, 0.3) is 10.0 Å². The summed E-state index contributed by atoms with van der Waals surface area (Å²) in [7, 11) is -5.91. The number of anilines is 2. The summed E-state index contributed by atoms with van der Waals surface area (Å²) < 4.78 is 59.3. The van der Waals surface area contributed by atoms with E-state index >= 15 is 0 Å². The van der Waals surface area contributed by atoms with Gasteiger partial charge in [-0.05, 0) is 66.1 Å². The summed E-state index contributed by atoms with van der Waals surface area (Å²) in [4.78, 5) is 13.0. The number of nitrogens with zero attached hydrogens (tertiary/aromatic N) is 1. The van der Waals surface area contributed by atoms with Crippen LogP contribution in [0.1, 0.15) is 23.6 Å². The number of nitrogens with one attached hydrogen (secondary N) is 2. The number of hydrogen-bond donors (Lipinski definition) is 2. The third kappa shape index (κ3) is 6.42. The van der Waals surface area contributed by atoms with E-state index in [2.05, 4.69) is 10.0 Å². The van der Waals surface area contributed by atoms with Crippen LogP contribution in [-0.4, -0.2) is 42.7 Å². The van der Waals surface area contributed by atoms with Gasteiger partial charge in [0.05, 0.1) is 30.0 Å². The zero-order chi connectivity index (χ0) is 26.8. The number of amides is 1. The molecular formula is C25H26ClN3O6S2. The minimum absolute atomic E-state index is 0.119. The minimum atomic E-state index is -3.82. The number of fused-ring (bicyclic) bond motifs is 1. The molecule has 4 rings (SSSR count). The molecule has 0 bridgehead atoms. The number of sulfonamides is 2. The number of rotatable bonds is 9. The lowest BCUT2D eigenvalue weighted by molar-refractivity contribution is -0.116. The van der Waals surface area contributed by atoms with Gasteiger partial charge in [0, 0.05) is 23.7 Å². The molecule has 1 amide bonds. The first kappa shape index (κ1) is 26.9. The van der Waals surface area contributed by atoms with Crippen molar-refractivity contribution in [2.45, 2.75) is 23.8 Å². The Kier molecular flexibility index (Phi) is 7.79. The molecule has 3 aromatic carbocycles. The van der Waals surface area contributed by atoms with Crippen molar-refractivity contribution in [3.05, 3.63) is 82.9 Å². The maximum atomic E-state index is 13.2. The zero-order valence-electron chi connectivity index (χ0n) is 20.1. The van der Waals surface area contributed by atoms with Gasteiger partial charge in [-0.25, -0.2) is 21.6 Å². The minimum Gasteiger partial charge on any atom is -0.497 e. The van der Waals surface area contributed by atoms with Crippen LogP contribution >= 0.6 is 11.6 Å². The van der Waals surface area contributed by atoms with E-state index in [-0.39, 0.29) is 17.9 Å². The first-order valence-electron chi connectivity index (χ1n) is 11.3. The second-order valence-electron chi connectivity index (χ2n) is 8.59. The topological polar surface area (TPSA) is 122 Å². The fourth-order valence-corrected chi connectivity index (χ4v) is 6.49. The van der Waals surface area contributed by atoms with E-state index in [0.29, 0.717) is 34.1 Å². The summed E-state index contributed by atoms with van der Waals surface area (Å²) >= 11 is 5.90. The molecule has 0 saturated heterocycles. The Bertz CT molecular complexity index is 1510. The number of halogens is 1. The van der Waals surface area contributed by atoms with Crippen molar-refractivity contribution < 1.29 is 26.4 Å². The summed E-state index contributed by atoms with van der Waals surface area (Å²) in [6.07, 6.45) is 1.38. The Hall–Kier alpha value is -3.12. The van der Waals surface area contributed by atoms with E-state index in [1.807, 2.05) is 0 Å². The number of benzene rings is 3. The summed E-state index contributed by atoms with van der Waals surface area (Å²) in [5.74, 6) is 0.157. The maximum Gasteiger partial charge on any atom is 0.264 e. The molecular weight excluding hydrogens is 538 g/mol. The highest BCUT2D eigenvalue weighted by atomic mass is 35.5. The van der Waals surface area contributed by atoms with Crippen LogP contribution in [0.5, 0.6) is 5.75 Å². The SMILES string of the molecule is COc1ccc(C(CC(=O)Nc2ccc3c(c2)N(S(=O)(=O)c2ccc(Cl)cc2)CC3)NS(C)(=O)=O)cc1. The molecule has 37 heavy (non-hydrogen) atoms. The lowest BCUT2D eigenvalue weighted by Gasteiger charge is -2.21. The lowest BCUT2D eigenvalue weighted by atomic mass is 10.0. The molecule has 0 aliphatic carbocycles. The number of methoxy groups -OCH3 is 1. The molecule has 1 aliphatic rings. The van der Waals surface area contributed by atoms with Crippen molar-refractivity contribution in [2.24, 2.45) is 0 Å². The van der Waals surface area contributed by atoms with E-state index in [1.54, 1.807) is 42.5 Å². The molecule has 0 spiro atoms. The highest BCUT2D eigenvalue weighted by molar-refractivity contribution is 7.92. The first-order chi connectivity index (χ1) is 17.5. The van der Waals surface area contributed by atoms with E-state index < -0.39 is 32.0 Å². The standard InChI is InChI=1S/C25H26ClN3O6S2/c1-35-21-9-4-17(5-10-21)23(28-36(2,31)32)16-25(30)27-20-8-3-18-13-14-29(24(18)15-20)37(33,34)22-11-6-19(26)7-12-22/h3-12,15,23,28H,13-14,16H2,1-2H3,(H,27,30). The Morgan fingerprint density at radius 1 is 1.03 bits per heavy atom. The van der Waals surface area contributed by atoms with Crippen LogP contribution in [0.25, 0.3) is 0 Å². The monoisotopic (exact) mass is 563 g/mol. The maximum absolute atomic E-state index is 13.2. The predicted molar refractivity (Wildman–Crippen MR) is 143 cm³/mol. The number of hydrogen-bond acceptors (Lipinski definition) is 6. The van der Waals surface area contributed by atoms with Gasteiger partial charge < -0.3 is 10.1 Å². The van der Waals surface area contributed by atoms with Crippen LogP contribution in [0, 0.1) is 0 Å². The van der Waals surface area contributed by atoms with Crippen molar-refractivity contribution >= 4 is 48.9 Å². The second kappa shape index (κ2) is 10.7. The predicted octanol–water partition coefficient (Wildman–Crippen LogP) is 3.72. The molecule has 0 aromatic heterocycles. The van der Waals surface area contributed by atoms with E-state index in [9.17, 15) is 21.6 Å². The molecule has 9 nitrogen and oxygen atoms in total.